The largest absolute Gasteiger partial charge is 0.444 e. The van der Waals surface area contributed by atoms with Gasteiger partial charge in [-0.15, -0.1) is 0 Å². The van der Waals surface area contributed by atoms with E-state index < -0.39 is 0 Å². The molecule has 0 aliphatic heterocycles. The SMILES string of the molecule is CCNC(C)(C)c1oc(C)nc1C. The monoisotopic (exact) mass is 182 g/mol. The number of aryl methyl sites for hydroxylation is 2. The molecule has 0 atom stereocenters. The van der Waals surface area contributed by atoms with Crippen LogP contribution in [0.4, 0.5) is 0 Å². The molecule has 1 aromatic rings. The number of nitrogens with zero attached hydrogens (tertiary/aromatic N) is 1. The minimum absolute atomic E-state index is 0.125. The van der Waals surface area contributed by atoms with Crippen LogP contribution in [-0.4, -0.2) is 11.5 Å². The summed E-state index contributed by atoms with van der Waals surface area (Å²) in [5, 5.41) is 3.36. The molecule has 0 aliphatic carbocycles. The van der Waals surface area contributed by atoms with Crippen molar-refractivity contribution in [3.05, 3.63) is 17.3 Å². The van der Waals surface area contributed by atoms with Crippen molar-refractivity contribution in [1.29, 1.82) is 0 Å². The Labute approximate surface area is 79.5 Å². The fraction of sp³-hybridized carbons (Fsp3) is 0.700. The minimum atomic E-state index is -0.125. The van der Waals surface area contributed by atoms with Crippen LogP contribution in [0.5, 0.6) is 0 Å². The number of hydrogen-bond acceptors (Lipinski definition) is 3. The number of aromatic nitrogens is 1. The van der Waals surface area contributed by atoms with Gasteiger partial charge < -0.3 is 9.73 Å². The molecule has 1 N–H and O–H groups in total. The van der Waals surface area contributed by atoms with Crippen LogP contribution in [0.1, 0.15) is 38.1 Å². The van der Waals surface area contributed by atoms with Crippen LogP contribution >= 0.6 is 0 Å². The Morgan fingerprint density at radius 1 is 1.38 bits per heavy atom. The molecule has 74 valence electrons. The van der Waals surface area contributed by atoms with Gasteiger partial charge in [0.15, 0.2) is 5.89 Å². The first-order valence-electron chi connectivity index (χ1n) is 4.67. The highest BCUT2D eigenvalue weighted by atomic mass is 16.4. The van der Waals surface area contributed by atoms with E-state index in [1.807, 2.05) is 13.8 Å². The van der Waals surface area contributed by atoms with E-state index in [0.717, 1.165) is 23.9 Å². The lowest BCUT2D eigenvalue weighted by molar-refractivity contribution is 0.317. The Morgan fingerprint density at radius 3 is 2.38 bits per heavy atom. The molecule has 1 heterocycles. The van der Waals surface area contributed by atoms with Crippen LogP contribution in [0.25, 0.3) is 0 Å². The van der Waals surface area contributed by atoms with E-state index in [1.54, 1.807) is 0 Å². The summed E-state index contributed by atoms with van der Waals surface area (Å²) in [4.78, 5) is 4.25. The third kappa shape index (κ3) is 2.10. The van der Waals surface area contributed by atoms with Gasteiger partial charge in [0.25, 0.3) is 0 Å². The molecule has 0 saturated heterocycles. The second-order valence-electron chi connectivity index (χ2n) is 3.80. The highest BCUT2D eigenvalue weighted by molar-refractivity contribution is 5.16. The van der Waals surface area contributed by atoms with Crippen LogP contribution < -0.4 is 5.32 Å². The summed E-state index contributed by atoms with van der Waals surface area (Å²) in [6, 6.07) is 0. The summed E-state index contributed by atoms with van der Waals surface area (Å²) in [5.41, 5.74) is 0.851. The summed E-state index contributed by atoms with van der Waals surface area (Å²) >= 11 is 0. The molecule has 0 bridgehead atoms. The number of oxazole rings is 1. The molecule has 0 saturated carbocycles. The van der Waals surface area contributed by atoms with Crippen LogP contribution in [0, 0.1) is 13.8 Å². The lowest BCUT2D eigenvalue weighted by atomic mass is 10.0. The van der Waals surface area contributed by atoms with Gasteiger partial charge in [-0.1, -0.05) is 6.92 Å². The van der Waals surface area contributed by atoms with Gasteiger partial charge in [-0.3, -0.25) is 0 Å². The smallest absolute Gasteiger partial charge is 0.191 e. The van der Waals surface area contributed by atoms with Crippen molar-refractivity contribution >= 4 is 0 Å². The summed E-state index contributed by atoms with van der Waals surface area (Å²) in [5.74, 6) is 1.67. The van der Waals surface area contributed by atoms with E-state index in [2.05, 4.69) is 31.1 Å². The van der Waals surface area contributed by atoms with Crippen molar-refractivity contribution in [2.45, 2.75) is 40.2 Å². The maximum Gasteiger partial charge on any atom is 0.191 e. The molecule has 0 amide bonds. The van der Waals surface area contributed by atoms with E-state index in [1.165, 1.54) is 0 Å². The first kappa shape index (κ1) is 10.3. The average Bonchev–Trinajstić information content (AvgIpc) is 2.30. The van der Waals surface area contributed by atoms with Crippen molar-refractivity contribution in [2.24, 2.45) is 0 Å². The highest BCUT2D eigenvalue weighted by Gasteiger charge is 2.26. The lowest BCUT2D eigenvalue weighted by Gasteiger charge is -2.23. The summed E-state index contributed by atoms with van der Waals surface area (Å²) < 4.78 is 5.56. The zero-order valence-electron chi connectivity index (χ0n) is 9.06. The first-order chi connectivity index (χ1) is 5.97. The van der Waals surface area contributed by atoms with Gasteiger partial charge in [0.2, 0.25) is 0 Å². The van der Waals surface area contributed by atoms with E-state index in [9.17, 15) is 0 Å². The number of rotatable bonds is 3. The number of hydrogen-bond donors (Lipinski definition) is 1. The molecule has 1 rings (SSSR count). The molecular formula is C10H18N2O. The van der Waals surface area contributed by atoms with Gasteiger partial charge in [-0.05, 0) is 27.3 Å². The van der Waals surface area contributed by atoms with Crippen LogP contribution in [-0.2, 0) is 5.54 Å². The molecule has 0 aliphatic rings. The molecular weight excluding hydrogens is 164 g/mol. The fourth-order valence-corrected chi connectivity index (χ4v) is 1.63. The maximum absolute atomic E-state index is 5.56. The zero-order chi connectivity index (χ0) is 10.1. The zero-order valence-corrected chi connectivity index (χ0v) is 9.06. The maximum atomic E-state index is 5.56. The van der Waals surface area contributed by atoms with Crippen molar-refractivity contribution in [1.82, 2.24) is 10.3 Å². The van der Waals surface area contributed by atoms with E-state index in [4.69, 9.17) is 4.42 Å². The van der Waals surface area contributed by atoms with Crippen LogP contribution in [0.2, 0.25) is 0 Å². The lowest BCUT2D eigenvalue weighted by Crippen LogP contribution is -2.36. The molecule has 3 heteroatoms. The van der Waals surface area contributed by atoms with Gasteiger partial charge in [-0.2, -0.15) is 0 Å². The molecule has 0 radical (unpaired) electrons. The van der Waals surface area contributed by atoms with E-state index >= 15 is 0 Å². The van der Waals surface area contributed by atoms with Crippen LogP contribution in [0.3, 0.4) is 0 Å². The third-order valence-electron chi connectivity index (χ3n) is 2.09. The topological polar surface area (TPSA) is 38.1 Å². The van der Waals surface area contributed by atoms with Crippen molar-refractivity contribution < 1.29 is 4.42 Å². The molecule has 13 heavy (non-hydrogen) atoms. The van der Waals surface area contributed by atoms with Crippen LogP contribution in [0.15, 0.2) is 4.42 Å². The molecule has 3 nitrogen and oxygen atoms in total. The minimum Gasteiger partial charge on any atom is -0.444 e. The quantitative estimate of drug-likeness (QED) is 0.778. The Bertz CT molecular complexity index is 289. The Kier molecular flexibility index (Phi) is 2.76. The molecule has 0 fully saturated rings. The molecule has 0 spiro atoms. The van der Waals surface area contributed by atoms with E-state index in [0.29, 0.717) is 0 Å². The van der Waals surface area contributed by atoms with Gasteiger partial charge in [0, 0.05) is 6.92 Å². The normalized spacial score (nSPS) is 12.1. The Balaban J connectivity index is 2.98. The van der Waals surface area contributed by atoms with E-state index in [-0.39, 0.29) is 5.54 Å². The standard InChI is InChI=1S/C10H18N2O/c1-6-11-10(4,5)9-7(2)12-8(3)13-9/h11H,6H2,1-5H3. The second kappa shape index (κ2) is 3.50. The predicted octanol–water partition coefficient (Wildman–Crippen LogP) is 2.14. The summed E-state index contributed by atoms with van der Waals surface area (Å²) in [7, 11) is 0. The van der Waals surface area contributed by atoms with Crippen molar-refractivity contribution in [2.75, 3.05) is 6.54 Å². The Hall–Kier alpha value is -0.830. The first-order valence-corrected chi connectivity index (χ1v) is 4.67. The average molecular weight is 182 g/mol. The predicted molar refractivity (Wildman–Crippen MR) is 52.7 cm³/mol. The molecule has 1 aromatic heterocycles. The molecule has 0 unspecified atom stereocenters. The van der Waals surface area contributed by atoms with Crippen molar-refractivity contribution in [3.8, 4) is 0 Å². The second-order valence-corrected chi connectivity index (χ2v) is 3.80. The Morgan fingerprint density at radius 2 is 2.00 bits per heavy atom. The van der Waals surface area contributed by atoms with Gasteiger partial charge in [0.1, 0.15) is 5.76 Å². The fourth-order valence-electron chi connectivity index (χ4n) is 1.63. The van der Waals surface area contributed by atoms with Gasteiger partial charge >= 0.3 is 0 Å². The summed E-state index contributed by atoms with van der Waals surface area (Å²) in [6.45, 7) is 11.1. The molecule has 0 aromatic carbocycles. The summed E-state index contributed by atoms with van der Waals surface area (Å²) in [6.07, 6.45) is 0. The highest BCUT2D eigenvalue weighted by Crippen LogP contribution is 2.23. The van der Waals surface area contributed by atoms with Gasteiger partial charge in [-0.25, -0.2) is 4.98 Å². The number of nitrogens with one attached hydrogen (secondary N) is 1. The van der Waals surface area contributed by atoms with Gasteiger partial charge in [0.05, 0.1) is 11.2 Å². The van der Waals surface area contributed by atoms with Crippen molar-refractivity contribution in [3.63, 3.8) is 0 Å². The third-order valence-corrected chi connectivity index (χ3v) is 2.09.